The van der Waals surface area contributed by atoms with Crippen LogP contribution in [0, 0.1) is 3.57 Å². The molecule has 0 aromatic heterocycles. The molecule has 0 N–H and O–H groups in total. The van der Waals surface area contributed by atoms with E-state index in [1.807, 2.05) is 18.2 Å². The quantitative estimate of drug-likeness (QED) is 0.630. The summed E-state index contributed by atoms with van der Waals surface area (Å²) < 4.78 is 6.03. The summed E-state index contributed by atoms with van der Waals surface area (Å²) in [6.45, 7) is 1.48. The molecule has 0 radical (unpaired) electrons. The van der Waals surface area contributed by atoms with Crippen molar-refractivity contribution in [3.63, 3.8) is 0 Å². The Hall–Kier alpha value is -0.290. The molecular formula is C10H10ClIO2. The van der Waals surface area contributed by atoms with Crippen LogP contribution in [0.4, 0.5) is 0 Å². The van der Waals surface area contributed by atoms with Crippen molar-refractivity contribution in [1.29, 1.82) is 0 Å². The van der Waals surface area contributed by atoms with Crippen molar-refractivity contribution in [2.75, 3.05) is 7.11 Å². The standard InChI is InChI=1S/C10H10ClIO2/c1-6(13)9(11)7-4-3-5-8(14-2)10(7)12/h3-5,9H,1-2H3. The number of hydrogen-bond acceptors (Lipinski definition) is 2. The molecular weight excluding hydrogens is 314 g/mol. The third-order valence-corrected chi connectivity index (χ3v) is 3.54. The summed E-state index contributed by atoms with van der Waals surface area (Å²) in [6.07, 6.45) is 0. The number of carbonyl (C=O) groups excluding carboxylic acids is 1. The van der Waals surface area contributed by atoms with Gasteiger partial charge < -0.3 is 4.74 Å². The molecule has 1 unspecified atom stereocenters. The van der Waals surface area contributed by atoms with Crippen LogP contribution in [0.5, 0.6) is 5.75 Å². The molecule has 0 amide bonds. The molecule has 0 heterocycles. The van der Waals surface area contributed by atoms with Crippen molar-refractivity contribution in [2.45, 2.75) is 12.3 Å². The molecule has 1 aromatic rings. The number of rotatable bonds is 3. The second-order valence-electron chi connectivity index (χ2n) is 2.84. The molecule has 0 aliphatic heterocycles. The smallest absolute Gasteiger partial charge is 0.152 e. The Morgan fingerprint density at radius 3 is 2.71 bits per heavy atom. The highest BCUT2D eigenvalue weighted by Crippen LogP contribution is 2.31. The first-order valence-corrected chi connectivity index (χ1v) is 5.56. The largest absolute Gasteiger partial charge is 0.496 e. The second-order valence-corrected chi connectivity index (χ2v) is 4.35. The maximum absolute atomic E-state index is 11.1. The molecule has 0 spiro atoms. The van der Waals surface area contributed by atoms with Crippen molar-refractivity contribution in [3.8, 4) is 5.75 Å². The molecule has 4 heteroatoms. The topological polar surface area (TPSA) is 26.3 Å². The number of Topliss-reactive ketones (excluding diaryl/α,β-unsaturated/α-hetero) is 1. The van der Waals surface area contributed by atoms with E-state index < -0.39 is 5.38 Å². The van der Waals surface area contributed by atoms with Crippen molar-refractivity contribution < 1.29 is 9.53 Å². The summed E-state index contributed by atoms with van der Waals surface area (Å²) in [5.74, 6) is 0.688. The molecule has 0 saturated heterocycles. The molecule has 1 atom stereocenters. The van der Waals surface area contributed by atoms with Gasteiger partial charge in [-0.3, -0.25) is 4.79 Å². The van der Waals surface area contributed by atoms with Gasteiger partial charge in [0, 0.05) is 0 Å². The predicted molar refractivity (Wildman–Crippen MR) is 65.0 cm³/mol. The molecule has 14 heavy (non-hydrogen) atoms. The van der Waals surface area contributed by atoms with Gasteiger partial charge >= 0.3 is 0 Å². The van der Waals surface area contributed by atoms with Gasteiger partial charge in [-0.25, -0.2) is 0 Å². The molecule has 0 fully saturated rings. The molecule has 0 bridgehead atoms. The number of ketones is 1. The minimum atomic E-state index is -0.586. The number of carbonyl (C=O) groups is 1. The molecule has 1 aromatic carbocycles. The lowest BCUT2D eigenvalue weighted by molar-refractivity contribution is -0.116. The lowest BCUT2D eigenvalue weighted by Crippen LogP contribution is -2.04. The van der Waals surface area contributed by atoms with Crippen LogP contribution >= 0.6 is 34.2 Å². The zero-order valence-corrected chi connectivity index (χ0v) is 10.8. The maximum Gasteiger partial charge on any atom is 0.152 e. The van der Waals surface area contributed by atoms with Crippen molar-refractivity contribution >= 4 is 40.0 Å². The zero-order chi connectivity index (χ0) is 10.7. The van der Waals surface area contributed by atoms with E-state index in [0.717, 1.165) is 14.9 Å². The maximum atomic E-state index is 11.1. The number of benzene rings is 1. The predicted octanol–water partition coefficient (Wildman–Crippen LogP) is 3.17. The van der Waals surface area contributed by atoms with Gasteiger partial charge in [-0.1, -0.05) is 12.1 Å². The molecule has 2 nitrogen and oxygen atoms in total. The van der Waals surface area contributed by atoms with E-state index in [4.69, 9.17) is 16.3 Å². The van der Waals surface area contributed by atoms with Crippen LogP contribution in [0.3, 0.4) is 0 Å². The van der Waals surface area contributed by atoms with Gasteiger partial charge in [0.2, 0.25) is 0 Å². The fourth-order valence-electron chi connectivity index (χ4n) is 1.10. The highest BCUT2D eigenvalue weighted by molar-refractivity contribution is 14.1. The van der Waals surface area contributed by atoms with Crippen LogP contribution in [0.2, 0.25) is 0 Å². The lowest BCUT2D eigenvalue weighted by atomic mass is 10.1. The number of halogens is 2. The number of alkyl halides is 1. The molecule has 76 valence electrons. The Morgan fingerprint density at radius 1 is 1.57 bits per heavy atom. The van der Waals surface area contributed by atoms with Gasteiger partial charge in [0.15, 0.2) is 5.78 Å². The first kappa shape index (κ1) is 11.8. The van der Waals surface area contributed by atoms with E-state index in [1.165, 1.54) is 6.92 Å². The highest BCUT2D eigenvalue weighted by atomic mass is 127. The van der Waals surface area contributed by atoms with Crippen LogP contribution in [0.1, 0.15) is 17.9 Å². The van der Waals surface area contributed by atoms with Gasteiger partial charge in [-0.15, -0.1) is 11.6 Å². The fourth-order valence-corrected chi connectivity index (χ4v) is 2.36. The van der Waals surface area contributed by atoms with Crippen LogP contribution < -0.4 is 4.74 Å². The number of methoxy groups -OCH3 is 1. The van der Waals surface area contributed by atoms with E-state index in [0.29, 0.717) is 0 Å². The van der Waals surface area contributed by atoms with Crippen molar-refractivity contribution in [2.24, 2.45) is 0 Å². The first-order valence-electron chi connectivity index (χ1n) is 4.05. The van der Waals surface area contributed by atoms with E-state index in [-0.39, 0.29) is 5.78 Å². The van der Waals surface area contributed by atoms with E-state index >= 15 is 0 Å². The second kappa shape index (κ2) is 4.98. The van der Waals surface area contributed by atoms with E-state index in [1.54, 1.807) is 7.11 Å². The van der Waals surface area contributed by atoms with E-state index in [9.17, 15) is 4.79 Å². The Morgan fingerprint density at radius 2 is 2.21 bits per heavy atom. The van der Waals surface area contributed by atoms with Crippen LogP contribution in [0.25, 0.3) is 0 Å². The summed E-state index contributed by atoms with van der Waals surface area (Å²) in [5, 5.41) is -0.586. The van der Waals surface area contributed by atoms with Crippen molar-refractivity contribution in [3.05, 3.63) is 27.3 Å². The summed E-state index contributed by atoms with van der Waals surface area (Å²) in [7, 11) is 1.60. The SMILES string of the molecule is COc1cccc(C(Cl)C(C)=O)c1I. The minimum Gasteiger partial charge on any atom is -0.496 e. The monoisotopic (exact) mass is 324 g/mol. The normalized spacial score (nSPS) is 12.3. The Balaban J connectivity index is 3.15. The Labute approximate surface area is 102 Å². The summed E-state index contributed by atoms with van der Waals surface area (Å²) in [6, 6.07) is 5.51. The van der Waals surface area contributed by atoms with Gasteiger partial charge in [-0.05, 0) is 41.1 Å². The molecule has 0 aliphatic rings. The summed E-state index contributed by atoms with van der Waals surface area (Å²) in [4.78, 5) is 11.1. The zero-order valence-electron chi connectivity index (χ0n) is 7.88. The van der Waals surface area contributed by atoms with Crippen LogP contribution in [-0.2, 0) is 4.79 Å². The first-order chi connectivity index (χ1) is 6.57. The summed E-state index contributed by atoms with van der Waals surface area (Å²) >= 11 is 8.09. The fraction of sp³-hybridized carbons (Fsp3) is 0.300. The molecule has 0 saturated carbocycles. The average Bonchev–Trinajstić information content (AvgIpc) is 2.17. The Bertz CT molecular complexity index is 352. The van der Waals surface area contributed by atoms with Crippen LogP contribution in [0.15, 0.2) is 18.2 Å². The third kappa shape index (κ3) is 2.39. The van der Waals surface area contributed by atoms with Crippen LogP contribution in [-0.4, -0.2) is 12.9 Å². The van der Waals surface area contributed by atoms with Crippen molar-refractivity contribution in [1.82, 2.24) is 0 Å². The van der Waals surface area contributed by atoms with Gasteiger partial charge in [0.1, 0.15) is 11.1 Å². The Kier molecular flexibility index (Phi) is 4.19. The highest BCUT2D eigenvalue weighted by Gasteiger charge is 2.17. The van der Waals surface area contributed by atoms with Gasteiger partial charge in [-0.2, -0.15) is 0 Å². The molecule has 0 aliphatic carbocycles. The average molecular weight is 325 g/mol. The minimum absolute atomic E-state index is 0.0576. The van der Waals surface area contributed by atoms with Gasteiger partial charge in [0.25, 0.3) is 0 Å². The number of hydrogen-bond donors (Lipinski definition) is 0. The summed E-state index contributed by atoms with van der Waals surface area (Å²) in [5.41, 5.74) is 0.805. The molecule has 1 rings (SSSR count). The third-order valence-electron chi connectivity index (χ3n) is 1.84. The van der Waals surface area contributed by atoms with E-state index in [2.05, 4.69) is 22.6 Å². The number of ether oxygens (including phenoxy) is 1. The van der Waals surface area contributed by atoms with Gasteiger partial charge in [0.05, 0.1) is 10.7 Å². The lowest BCUT2D eigenvalue weighted by Gasteiger charge is -2.11.